The average molecular weight is 380 g/mol. The minimum Gasteiger partial charge on any atom is -0.478 e. The average Bonchev–Trinajstić information content (AvgIpc) is 2.35. The second-order valence-electron chi connectivity index (χ2n) is 5.15. The fourth-order valence-electron chi connectivity index (χ4n) is 2.21. The van der Waals surface area contributed by atoms with Crippen molar-refractivity contribution in [1.82, 2.24) is 4.31 Å². The highest BCUT2D eigenvalue weighted by molar-refractivity contribution is 9.10. The Bertz CT molecular complexity index is 673. The van der Waals surface area contributed by atoms with Crippen LogP contribution in [0.4, 0.5) is 4.39 Å². The van der Waals surface area contributed by atoms with Gasteiger partial charge in [0.2, 0.25) is 10.0 Å². The highest BCUT2D eigenvalue weighted by Gasteiger charge is 2.31. The Balaban J connectivity index is 2.41. The minimum absolute atomic E-state index is 0.205. The van der Waals surface area contributed by atoms with Gasteiger partial charge in [-0.2, -0.15) is 0 Å². The molecule has 0 unspecified atom stereocenters. The van der Waals surface area contributed by atoms with Gasteiger partial charge in [-0.25, -0.2) is 21.9 Å². The molecule has 8 heteroatoms. The summed E-state index contributed by atoms with van der Waals surface area (Å²) in [5, 5.41) is 8.94. The van der Waals surface area contributed by atoms with Crippen LogP contribution in [0.1, 0.15) is 29.6 Å². The standard InChI is InChI=1S/C13H15BrFNO4S/c1-16(7-8-3-2-4-8)21(19,20)11-6-9(14)5-10(12(11)15)13(17)18/h5-6,8H,2-4,7H2,1H3,(H,17,18). The second-order valence-corrected chi connectivity index (χ2v) is 8.08. The first-order chi connectivity index (χ1) is 9.73. The Kier molecular flexibility index (Phi) is 4.69. The predicted octanol–water partition coefficient (Wildman–Crippen LogP) is 2.71. The molecule has 1 N–H and O–H groups in total. The van der Waals surface area contributed by atoms with Gasteiger partial charge in [0, 0.05) is 18.1 Å². The zero-order valence-corrected chi connectivity index (χ0v) is 13.7. The Morgan fingerprint density at radius 2 is 2.10 bits per heavy atom. The van der Waals surface area contributed by atoms with E-state index in [4.69, 9.17) is 5.11 Å². The molecule has 0 saturated heterocycles. The van der Waals surface area contributed by atoms with Crippen LogP contribution in [0.5, 0.6) is 0 Å². The molecule has 1 saturated carbocycles. The Labute approximate surface area is 130 Å². The van der Waals surface area contributed by atoms with Crippen molar-refractivity contribution in [3.05, 3.63) is 28.0 Å². The summed E-state index contributed by atoms with van der Waals surface area (Å²) in [4.78, 5) is 10.4. The van der Waals surface area contributed by atoms with Gasteiger partial charge in [0.1, 0.15) is 4.90 Å². The minimum atomic E-state index is -4.05. The van der Waals surface area contributed by atoms with E-state index >= 15 is 0 Å². The largest absolute Gasteiger partial charge is 0.478 e. The summed E-state index contributed by atoms with van der Waals surface area (Å²) in [5.41, 5.74) is -0.667. The maximum atomic E-state index is 14.2. The van der Waals surface area contributed by atoms with Gasteiger partial charge in [-0.05, 0) is 30.9 Å². The van der Waals surface area contributed by atoms with E-state index in [0.717, 1.165) is 35.7 Å². The van der Waals surface area contributed by atoms with E-state index in [2.05, 4.69) is 15.9 Å². The molecule has 1 aliphatic carbocycles. The molecule has 0 heterocycles. The van der Waals surface area contributed by atoms with Crippen molar-refractivity contribution in [3.63, 3.8) is 0 Å². The van der Waals surface area contributed by atoms with Gasteiger partial charge in [-0.15, -0.1) is 0 Å². The smallest absolute Gasteiger partial charge is 0.338 e. The summed E-state index contributed by atoms with van der Waals surface area (Å²) in [5.74, 6) is -2.45. The molecule has 0 radical (unpaired) electrons. The third-order valence-electron chi connectivity index (χ3n) is 3.66. The number of carboxylic acids is 1. The Hall–Kier alpha value is -0.990. The van der Waals surface area contributed by atoms with Crippen LogP contribution in [-0.4, -0.2) is 37.4 Å². The first-order valence-corrected chi connectivity index (χ1v) is 8.65. The molecular formula is C13H15BrFNO4S. The van der Waals surface area contributed by atoms with Crippen LogP contribution in [-0.2, 0) is 10.0 Å². The fourth-order valence-corrected chi connectivity index (χ4v) is 4.18. The Morgan fingerprint density at radius 3 is 2.57 bits per heavy atom. The summed E-state index contributed by atoms with van der Waals surface area (Å²) in [6.45, 7) is 0.316. The lowest BCUT2D eigenvalue weighted by molar-refractivity contribution is 0.0691. The van der Waals surface area contributed by atoms with E-state index < -0.39 is 32.3 Å². The SMILES string of the molecule is CN(CC1CCC1)S(=O)(=O)c1cc(Br)cc(C(=O)O)c1F. The zero-order valence-electron chi connectivity index (χ0n) is 11.3. The molecule has 5 nitrogen and oxygen atoms in total. The molecule has 116 valence electrons. The van der Waals surface area contributed by atoms with Crippen molar-refractivity contribution in [2.45, 2.75) is 24.2 Å². The fraction of sp³-hybridized carbons (Fsp3) is 0.462. The van der Waals surface area contributed by atoms with E-state index in [-0.39, 0.29) is 4.47 Å². The second kappa shape index (κ2) is 6.02. The van der Waals surface area contributed by atoms with Gasteiger partial charge < -0.3 is 5.11 Å². The summed E-state index contributed by atoms with van der Waals surface area (Å²) in [7, 11) is -2.67. The molecule has 1 aromatic rings. The number of benzene rings is 1. The highest BCUT2D eigenvalue weighted by Crippen LogP contribution is 2.30. The van der Waals surface area contributed by atoms with Crippen molar-refractivity contribution >= 4 is 31.9 Å². The van der Waals surface area contributed by atoms with Crippen molar-refractivity contribution in [1.29, 1.82) is 0 Å². The number of carbonyl (C=O) groups is 1. The summed E-state index contributed by atoms with van der Waals surface area (Å²) in [6, 6.07) is 2.14. The Morgan fingerprint density at radius 1 is 1.48 bits per heavy atom. The van der Waals surface area contributed by atoms with Gasteiger partial charge in [0.05, 0.1) is 5.56 Å². The van der Waals surface area contributed by atoms with Gasteiger partial charge in [0.15, 0.2) is 5.82 Å². The number of sulfonamides is 1. The molecule has 0 bridgehead atoms. The van der Waals surface area contributed by atoms with Crippen LogP contribution in [0, 0.1) is 11.7 Å². The van der Waals surface area contributed by atoms with Crippen LogP contribution in [0.3, 0.4) is 0 Å². The lowest BCUT2D eigenvalue weighted by Crippen LogP contribution is -2.35. The van der Waals surface area contributed by atoms with E-state index in [1.807, 2.05) is 0 Å². The third-order valence-corrected chi connectivity index (χ3v) is 5.94. The third kappa shape index (κ3) is 3.27. The zero-order chi connectivity index (χ0) is 15.8. The van der Waals surface area contributed by atoms with Crippen LogP contribution in [0.15, 0.2) is 21.5 Å². The van der Waals surface area contributed by atoms with Crippen molar-refractivity contribution < 1.29 is 22.7 Å². The van der Waals surface area contributed by atoms with Crippen molar-refractivity contribution in [2.75, 3.05) is 13.6 Å². The molecule has 0 amide bonds. The van der Waals surface area contributed by atoms with Crippen molar-refractivity contribution in [3.8, 4) is 0 Å². The quantitative estimate of drug-likeness (QED) is 0.853. The number of hydrogen-bond donors (Lipinski definition) is 1. The van der Waals surface area contributed by atoms with Crippen LogP contribution in [0.2, 0.25) is 0 Å². The number of halogens is 2. The molecule has 0 aliphatic heterocycles. The van der Waals surface area contributed by atoms with Crippen LogP contribution in [0.25, 0.3) is 0 Å². The molecule has 1 fully saturated rings. The molecule has 0 atom stereocenters. The van der Waals surface area contributed by atoms with E-state index in [1.165, 1.54) is 7.05 Å². The first kappa shape index (κ1) is 16.4. The number of rotatable bonds is 5. The first-order valence-electron chi connectivity index (χ1n) is 6.42. The van der Waals surface area contributed by atoms with Gasteiger partial charge in [-0.1, -0.05) is 22.4 Å². The van der Waals surface area contributed by atoms with Crippen molar-refractivity contribution in [2.24, 2.45) is 5.92 Å². The summed E-state index contributed by atoms with van der Waals surface area (Å²) >= 11 is 3.02. The topological polar surface area (TPSA) is 74.7 Å². The molecule has 1 aliphatic rings. The molecule has 2 rings (SSSR count). The number of hydrogen-bond acceptors (Lipinski definition) is 3. The molecule has 1 aromatic carbocycles. The highest BCUT2D eigenvalue weighted by atomic mass is 79.9. The normalized spacial score (nSPS) is 16.0. The number of carboxylic acid groups (broad SMARTS) is 1. The molecule has 0 aromatic heterocycles. The molecular weight excluding hydrogens is 365 g/mol. The van der Waals surface area contributed by atoms with Crippen LogP contribution < -0.4 is 0 Å². The van der Waals surface area contributed by atoms with E-state index in [1.54, 1.807) is 0 Å². The molecule has 0 spiro atoms. The van der Waals surface area contributed by atoms with Gasteiger partial charge >= 0.3 is 5.97 Å². The lowest BCUT2D eigenvalue weighted by atomic mass is 9.86. The van der Waals surface area contributed by atoms with Gasteiger partial charge in [-0.3, -0.25) is 0 Å². The number of nitrogens with zero attached hydrogens (tertiary/aromatic N) is 1. The van der Waals surface area contributed by atoms with E-state index in [0.29, 0.717) is 12.5 Å². The summed E-state index contributed by atoms with van der Waals surface area (Å²) < 4.78 is 40.3. The maximum Gasteiger partial charge on any atom is 0.338 e. The maximum absolute atomic E-state index is 14.2. The lowest BCUT2D eigenvalue weighted by Gasteiger charge is -2.29. The summed E-state index contributed by atoms with van der Waals surface area (Å²) in [6.07, 6.45) is 3.00. The van der Waals surface area contributed by atoms with Crippen LogP contribution >= 0.6 is 15.9 Å². The van der Waals surface area contributed by atoms with Gasteiger partial charge in [0.25, 0.3) is 0 Å². The predicted molar refractivity (Wildman–Crippen MR) is 78.2 cm³/mol. The number of aromatic carboxylic acids is 1. The van der Waals surface area contributed by atoms with E-state index in [9.17, 15) is 17.6 Å². The molecule has 21 heavy (non-hydrogen) atoms. The monoisotopic (exact) mass is 379 g/mol.